The molecular formula is C12H22N4OS. The number of nitrogens with two attached hydrogens (primary N) is 1. The number of hydrogen-bond acceptors (Lipinski definition) is 5. The Morgan fingerprint density at radius 1 is 1.50 bits per heavy atom. The van der Waals surface area contributed by atoms with Crippen LogP contribution in [0.1, 0.15) is 35.8 Å². The highest BCUT2D eigenvalue weighted by Crippen LogP contribution is 2.19. The zero-order chi connectivity index (χ0) is 13.7. The van der Waals surface area contributed by atoms with Crippen LogP contribution in [0.2, 0.25) is 0 Å². The van der Waals surface area contributed by atoms with Crippen molar-refractivity contribution in [2.24, 2.45) is 10.9 Å². The van der Waals surface area contributed by atoms with Crippen LogP contribution in [0.25, 0.3) is 0 Å². The van der Waals surface area contributed by atoms with Gasteiger partial charge in [-0.3, -0.25) is 4.90 Å². The third-order valence-electron chi connectivity index (χ3n) is 2.93. The first kappa shape index (κ1) is 14.9. The summed E-state index contributed by atoms with van der Waals surface area (Å²) in [4.78, 5) is 8.09. The van der Waals surface area contributed by atoms with E-state index in [2.05, 4.69) is 35.8 Å². The van der Waals surface area contributed by atoms with Crippen molar-refractivity contribution in [3.63, 3.8) is 0 Å². The lowest BCUT2D eigenvalue weighted by Gasteiger charge is -2.25. The molecule has 0 atom stereocenters. The normalized spacial score (nSPS) is 12.7. The van der Waals surface area contributed by atoms with Crippen LogP contribution in [0.5, 0.6) is 0 Å². The maximum Gasteiger partial charge on any atom is 0.140 e. The number of rotatable bonds is 6. The monoisotopic (exact) mass is 270 g/mol. The van der Waals surface area contributed by atoms with Crippen molar-refractivity contribution in [3.8, 4) is 0 Å². The van der Waals surface area contributed by atoms with E-state index in [9.17, 15) is 0 Å². The van der Waals surface area contributed by atoms with E-state index in [1.807, 2.05) is 6.92 Å². The van der Waals surface area contributed by atoms with Crippen LogP contribution < -0.4 is 5.73 Å². The van der Waals surface area contributed by atoms with Gasteiger partial charge in [0.15, 0.2) is 0 Å². The summed E-state index contributed by atoms with van der Waals surface area (Å²) in [6.45, 7) is 9.98. The van der Waals surface area contributed by atoms with Crippen LogP contribution in [-0.2, 0) is 6.54 Å². The minimum Gasteiger partial charge on any atom is -0.409 e. The van der Waals surface area contributed by atoms with Crippen LogP contribution in [0.15, 0.2) is 5.16 Å². The number of oxime groups is 1. The van der Waals surface area contributed by atoms with Gasteiger partial charge in [-0.15, -0.1) is 11.3 Å². The molecule has 1 aromatic heterocycles. The fraction of sp³-hybridized carbons (Fsp3) is 0.667. The Balaban J connectivity index is 2.63. The van der Waals surface area contributed by atoms with Gasteiger partial charge < -0.3 is 10.9 Å². The summed E-state index contributed by atoms with van der Waals surface area (Å²) in [6.07, 6.45) is 0.567. The van der Waals surface area contributed by atoms with Crippen molar-refractivity contribution in [3.05, 3.63) is 15.6 Å². The molecule has 18 heavy (non-hydrogen) atoms. The van der Waals surface area contributed by atoms with E-state index in [1.165, 1.54) is 4.88 Å². The highest BCUT2D eigenvalue weighted by Gasteiger charge is 2.13. The SMILES string of the molecule is Cc1nc(CN(CCC(N)=NO)C(C)C)sc1C. The van der Waals surface area contributed by atoms with E-state index in [1.54, 1.807) is 11.3 Å². The van der Waals surface area contributed by atoms with E-state index in [0.717, 1.165) is 23.8 Å². The molecule has 1 aromatic rings. The van der Waals surface area contributed by atoms with Gasteiger partial charge in [-0.1, -0.05) is 5.16 Å². The summed E-state index contributed by atoms with van der Waals surface area (Å²) in [6, 6.07) is 0.404. The second-order valence-corrected chi connectivity index (χ2v) is 5.94. The number of thiazole rings is 1. The molecule has 0 saturated carbocycles. The molecule has 1 heterocycles. The highest BCUT2D eigenvalue weighted by molar-refractivity contribution is 7.11. The molecule has 102 valence electrons. The van der Waals surface area contributed by atoms with Crippen LogP contribution >= 0.6 is 11.3 Å². The minimum atomic E-state index is 0.271. The second kappa shape index (κ2) is 6.70. The Labute approximate surface area is 112 Å². The summed E-state index contributed by atoms with van der Waals surface area (Å²) in [5.41, 5.74) is 6.61. The number of amidine groups is 1. The molecule has 0 saturated heterocycles. The average molecular weight is 270 g/mol. The van der Waals surface area contributed by atoms with Gasteiger partial charge >= 0.3 is 0 Å². The third-order valence-corrected chi connectivity index (χ3v) is 3.98. The van der Waals surface area contributed by atoms with Crippen LogP contribution in [0.3, 0.4) is 0 Å². The third kappa shape index (κ3) is 4.27. The Kier molecular flexibility index (Phi) is 5.55. The number of aryl methyl sites for hydroxylation is 2. The molecule has 0 bridgehead atoms. The van der Waals surface area contributed by atoms with Crippen LogP contribution in [-0.4, -0.2) is 33.5 Å². The van der Waals surface area contributed by atoms with Crippen molar-refractivity contribution in [1.82, 2.24) is 9.88 Å². The standard InChI is InChI=1S/C12H22N4OS/c1-8(2)16(6-5-11(13)15-17)7-12-14-9(3)10(4)18-12/h8,17H,5-7H2,1-4H3,(H2,13,15). The lowest BCUT2D eigenvalue weighted by Crippen LogP contribution is -2.33. The summed E-state index contributed by atoms with van der Waals surface area (Å²) in [5.74, 6) is 0.271. The van der Waals surface area contributed by atoms with E-state index in [4.69, 9.17) is 10.9 Å². The largest absolute Gasteiger partial charge is 0.409 e. The average Bonchev–Trinajstić information content (AvgIpc) is 2.63. The molecule has 0 unspecified atom stereocenters. The summed E-state index contributed by atoms with van der Waals surface area (Å²) in [7, 11) is 0. The van der Waals surface area contributed by atoms with Gasteiger partial charge in [-0.25, -0.2) is 4.98 Å². The summed E-state index contributed by atoms with van der Waals surface area (Å²) < 4.78 is 0. The molecule has 0 radical (unpaired) electrons. The van der Waals surface area contributed by atoms with Gasteiger partial charge in [0, 0.05) is 23.9 Å². The molecule has 0 aliphatic rings. The quantitative estimate of drug-likeness (QED) is 0.359. The van der Waals surface area contributed by atoms with Gasteiger partial charge in [-0.2, -0.15) is 0 Å². The first-order valence-corrected chi connectivity index (χ1v) is 6.89. The van der Waals surface area contributed by atoms with E-state index in [0.29, 0.717) is 12.5 Å². The first-order valence-electron chi connectivity index (χ1n) is 6.07. The molecule has 6 heteroatoms. The highest BCUT2D eigenvalue weighted by atomic mass is 32.1. The smallest absolute Gasteiger partial charge is 0.140 e. The van der Waals surface area contributed by atoms with Gasteiger partial charge in [0.25, 0.3) is 0 Å². The topological polar surface area (TPSA) is 74.7 Å². The zero-order valence-electron chi connectivity index (χ0n) is 11.5. The van der Waals surface area contributed by atoms with E-state index in [-0.39, 0.29) is 5.84 Å². The second-order valence-electron chi connectivity index (χ2n) is 4.65. The van der Waals surface area contributed by atoms with Gasteiger partial charge in [0.2, 0.25) is 0 Å². The molecule has 0 amide bonds. The van der Waals surface area contributed by atoms with Crippen LogP contribution in [0.4, 0.5) is 0 Å². The van der Waals surface area contributed by atoms with Crippen molar-refractivity contribution in [2.75, 3.05) is 6.54 Å². The number of nitrogens with zero attached hydrogens (tertiary/aromatic N) is 3. The number of aromatic nitrogens is 1. The fourth-order valence-corrected chi connectivity index (χ4v) is 2.57. The predicted octanol–water partition coefficient (Wildman–Crippen LogP) is 2.11. The zero-order valence-corrected chi connectivity index (χ0v) is 12.3. The van der Waals surface area contributed by atoms with E-state index < -0.39 is 0 Å². The van der Waals surface area contributed by atoms with Crippen LogP contribution in [0, 0.1) is 13.8 Å². The Morgan fingerprint density at radius 2 is 2.17 bits per heavy atom. The van der Waals surface area contributed by atoms with Crippen molar-refractivity contribution in [1.29, 1.82) is 0 Å². The summed E-state index contributed by atoms with van der Waals surface area (Å²) in [5, 5.41) is 12.7. The maximum atomic E-state index is 8.55. The van der Waals surface area contributed by atoms with Crippen molar-refractivity contribution < 1.29 is 5.21 Å². The van der Waals surface area contributed by atoms with Gasteiger partial charge in [-0.05, 0) is 27.7 Å². The maximum absolute atomic E-state index is 8.55. The molecular weight excluding hydrogens is 248 g/mol. The molecule has 3 N–H and O–H groups in total. The van der Waals surface area contributed by atoms with Gasteiger partial charge in [0.1, 0.15) is 10.8 Å². The van der Waals surface area contributed by atoms with Crippen molar-refractivity contribution >= 4 is 17.2 Å². The molecule has 0 spiro atoms. The molecule has 0 fully saturated rings. The molecule has 1 rings (SSSR count). The molecule has 0 aliphatic heterocycles. The Bertz CT molecular complexity index is 395. The molecule has 0 aliphatic carbocycles. The predicted molar refractivity (Wildman–Crippen MR) is 75.2 cm³/mol. The number of hydrogen-bond donors (Lipinski definition) is 2. The molecule has 0 aromatic carbocycles. The lowest BCUT2D eigenvalue weighted by atomic mass is 10.2. The Morgan fingerprint density at radius 3 is 2.61 bits per heavy atom. The lowest BCUT2D eigenvalue weighted by molar-refractivity contribution is 0.217. The fourth-order valence-electron chi connectivity index (χ4n) is 1.61. The summed E-state index contributed by atoms with van der Waals surface area (Å²) >= 11 is 1.74. The Hall–Kier alpha value is -1.14. The molecule has 5 nitrogen and oxygen atoms in total. The van der Waals surface area contributed by atoms with E-state index >= 15 is 0 Å². The minimum absolute atomic E-state index is 0.271. The first-order chi connectivity index (χ1) is 8.43. The van der Waals surface area contributed by atoms with Gasteiger partial charge in [0.05, 0.1) is 12.2 Å². The van der Waals surface area contributed by atoms with Crippen molar-refractivity contribution in [2.45, 2.75) is 46.7 Å².